The van der Waals surface area contributed by atoms with Gasteiger partial charge in [0, 0.05) is 59.4 Å². The number of hydrogen-bond acceptors (Lipinski definition) is 11. The van der Waals surface area contributed by atoms with Crippen LogP contribution in [0, 0.1) is 0 Å². The molecule has 1 N–H and O–H groups in total. The number of nitrogens with zero attached hydrogens (tertiary/aromatic N) is 12. The lowest BCUT2D eigenvalue weighted by molar-refractivity contribution is 0.673. The first-order valence-corrected chi connectivity index (χ1v) is 17.9. The average Bonchev–Trinajstić information content (AvgIpc) is 3.89. The van der Waals surface area contributed by atoms with Gasteiger partial charge in [-0.15, -0.1) is 5.10 Å². The summed E-state index contributed by atoms with van der Waals surface area (Å²) in [6, 6.07) is 25.1. The van der Waals surface area contributed by atoms with Crippen molar-refractivity contribution < 1.29 is 0 Å². The summed E-state index contributed by atoms with van der Waals surface area (Å²) >= 11 is 5.95. The van der Waals surface area contributed by atoms with Gasteiger partial charge in [0.2, 0.25) is 0 Å². The zero-order valence-corrected chi connectivity index (χ0v) is 30.7. The maximum Gasteiger partial charge on any atom is 0.154 e. The van der Waals surface area contributed by atoms with E-state index in [4.69, 9.17) is 16.6 Å². The Morgan fingerprint density at radius 2 is 1.18 bits per heavy atom. The molecule has 0 amide bonds. The molecule has 13 nitrogen and oxygen atoms in total. The van der Waals surface area contributed by atoms with Gasteiger partial charge in [-0.1, -0.05) is 37.6 Å². The first kappa shape index (κ1) is 35.1. The van der Waals surface area contributed by atoms with E-state index in [0.717, 1.165) is 61.3 Å². The molecule has 0 unspecified atom stereocenters. The summed E-state index contributed by atoms with van der Waals surface area (Å²) < 4.78 is 3.72. The number of pyridine rings is 6. The van der Waals surface area contributed by atoms with E-state index in [1.54, 1.807) is 24.7 Å². The zero-order chi connectivity index (χ0) is 37.6. The summed E-state index contributed by atoms with van der Waals surface area (Å²) in [5, 5.41) is 20.8. The van der Waals surface area contributed by atoms with Crippen molar-refractivity contribution in [3.05, 3.63) is 157 Å². The number of fused-ring (bicyclic) bond motifs is 2. The largest absolute Gasteiger partial charge is 0.323 e. The van der Waals surface area contributed by atoms with Crippen LogP contribution in [0.1, 0.15) is 36.7 Å². The van der Waals surface area contributed by atoms with Crippen LogP contribution in [0.4, 0.5) is 11.6 Å². The van der Waals surface area contributed by atoms with Crippen LogP contribution in [0.2, 0.25) is 5.15 Å². The summed E-state index contributed by atoms with van der Waals surface area (Å²) in [5.41, 5.74) is 10.1. The van der Waals surface area contributed by atoms with E-state index >= 15 is 0 Å². The van der Waals surface area contributed by atoms with E-state index in [9.17, 15) is 0 Å². The van der Waals surface area contributed by atoms with Crippen LogP contribution in [0.3, 0.4) is 0 Å². The minimum absolute atomic E-state index is 0.376. The van der Waals surface area contributed by atoms with Gasteiger partial charge in [-0.2, -0.15) is 15.3 Å². The molecule has 0 aliphatic rings. The molecule has 0 fully saturated rings. The lowest BCUT2D eigenvalue weighted by Crippen LogP contribution is -2.01. The molecule has 0 saturated heterocycles. The van der Waals surface area contributed by atoms with Gasteiger partial charge in [0.15, 0.2) is 5.82 Å². The number of nitrogens with one attached hydrogen (secondary N) is 1. The van der Waals surface area contributed by atoms with Gasteiger partial charge < -0.3 is 5.32 Å². The minimum Gasteiger partial charge on any atom is -0.323 e. The van der Waals surface area contributed by atoms with E-state index in [-0.39, 0.29) is 0 Å². The molecule has 9 aromatic rings. The predicted molar refractivity (Wildman–Crippen MR) is 213 cm³/mol. The van der Waals surface area contributed by atoms with Gasteiger partial charge in [0.05, 0.1) is 65.1 Å². The third-order valence-corrected chi connectivity index (χ3v) is 8.88. The first-order valence-electron chi connectivity index (χ1n) is 17.6. The molecule has 0 radical (unpaired) electrons. The Morgan fingerprint density at radius 3 is 1.76 bits per heavy atom. The van der Waals surface area contributed by atoms with Crippen molar-refractivity contribution in [2.24, 2.45) is 0 Å². The van der Waals surface area contributed by atoms with Crippen LogP contribution in [0.15, 0.2) is 135 Å². The van der Waals surface area contributed by atoms with Gasteiger partial charge in [-0.3, -0.25) is 29.3 Å². The van der Waals surface area contributed by atoms with Crippen LogP contribution >= 0.6 is 11.6 Å². The Balaban J connectivity index is 0.000000164. The fourth-order valence-corrected chi connectivity index (χ4v) is 5.93. The average molecular weight is 744 g/mol. The highest BCUT2D eigenvalue weighted by atomic mass is 35.5. The van der Waals surface area contributed by atoms with Crippen LogP contribution in [0.5, 0.6) is 0 Å². The summed E-state index contributed by atoms with van der Waals surface area (Å²) in [5.74, 6) is 1.74. The maximum atomic E-state index is 5.95. The van der Waals surface area contributed by atoms with Crippen molar-refractivity contribution in [2.75, 3.05) is 5.32 Å². The lowest BCUT2D eigenvalue weighted by atomic mass is 10.1. The molecule has 14 heteroatoms. The predicted octanol–water partition coefficient (Wildman–Crippen LogP) is 8.18. The molecule has 0 aliphatic heterocycles. The SMILES string of the molecule is CC(C)c1cnnc(Nc2ccc3ncc(-c4cnn(Cc5ccccn5)c4)cc3n2)c1.Clc1ccc2ncc(-c3cnn(Cc4ccccn4)c3)cc2n1. The molecule has 9 heterocycles. The van der Waals surface area contributed by atoms with Crippen molar-refractivity contribution in [1.29, 1.82) is 0 Å². The normalized spacial score (nSPS) is 11.1. The monoisotopic (exact) mass is 743 g/mol. The van der Waals surface area contributed by atoms with Crippen molar-refractivity contribution in [2.45, 2.75) is 32.9 Å². The Kier molecular flexibility index (Phi) is 10.2. The highest BCUT2D eigenvalue weighted by Crippen LogP contribution is 2.25. The molecular weight excluding hydrogens is 710 g/mol. The van der Waals surface area contributed by atoms with Crippen LogP contribution in [-0.2, 0) is 13.1 Å². The third-order valence-electron chi connectivity index (χ3n) is 8.67. The standard InChI is InChI=1S/C24H22N8.C17H12ClN5/c1-16(2)17-10-24(31-27-12-17)30-23-7-6-21-22(29-23)9-18(11-26-21)19-13-28-32(14-19)15-20-5-3-4-8-25-20;18-17-5-4-15-16(22-17)7-12(8-20-15)13-9-21-23(10-13)11-14-3-1-2-6-19-14/h3-14,16H,15H2,1-2H3,(H,29,30,31);1-10H,11H2. The molecule has 0 bridgehead atoms. The molecule has 0 aromatic carbocycles. The van der Waals surface area contributed by atoms with Crippen molar-refractivity contribution in [3.8, 4) is 22.3 Å². The second-order valence-corrected chi connectivity index (χ2v) is 13.4. The molecule has 0 spiro atoms. The second-order valence-electron chi connectivity index (χ2n) is 13.0. The summed E-state index contributed by atoms with van der Waals surface area (Å²) in [6.07, 6.45) is 16.6. The van der Waals surface area contributed by atoms with Crippen molar-refractivity contribution in [3.63, 3.8) is 0 Å². The molecule has 0 aliphatic carbocycles. The lowest BCUT2D eigenvalue weighted by Gasteiger charge is -2.09. The molecule has 0 saturated carbocycles. The number of aromatic nitrogens is 12. The number of hydrogen-bond donors (Lipinski definition) is 1. The first-order chi connectivity index (χ1) is 26.9. The zero-order valence-electron chi connectivity index (χ0n) is 29.9. The summed E-state index contributed by atoms with van der Waals surface area (Å²) in [7, 11) is 0. The summed E-state index contributed by atoms with van der Waals surface area (Å²) in [4.78, 5) is 26.7. The number of anilines is 2. The van der Waals surface area contributed by atoms with Gasteiger partial charge in [0.1, 0.15) is 11.0 Å². The molecule has 9 aromatic heterocycles. The van der Waals surface area contributed by atoms with E-state index in [2.05, 4.69) is 64.5 Å². The minimum atomic E-state index is 0.376. The highest BCUT2D eigenvalue weighted by Gasteiger charge is 2.09. The number of rotatable bonds is 9. The van der Waals surface area contributed by atoms with Crippen LogP contribution in [-0.4, -0.2) is 59.7 Å². The van der Waals surface area contributed by atoms with Gasteiger partial charge in [0.25, 0.3) is 0 Å². The fourth-order valence-electron chi connectivity index (χ4n) is 5.78. The third kappa shape index (κ3) is 8.64. The quantitative estimate of drug-likeness (QED) is 0.143. The van der Waals surface area contributed by atoms with Crippen LogP contribution < -0.4 is 5.32 Å². The molecule has 55 heavy (non-hydrogen) atoms. The van der Waals surface area contributed by atoms with Gasteiger partial charge >= 0.3 is 0 Å². The maximum absolute atomic E-state index is 5.95. The van der Waals surface area contributed by atoms with Crippen LogP contribution in [0.25, 0.3) is 44.3 Å². The van der Waals surface area contributed by atoms with E-state index < -0.39 is 0 Å². The fraction of sp³-hybridized carbons (Fsp3) is 0.122. The van der Waals surface area contributed by atoms with Gasteiger partial charge in [-0.25, -0.2) is 9.97 Å². The molecule has 270 valence electrons. The van der Waals surface area contributed by atoms with E-state index in [1.165, 1.54) is 0 Å². The summed E-state index contributed by atoms with van der Waals surface area (Å²) in [6.45, 7) is 5.50. The molecule has 9 rings (SSSR count). The molecular formula is C41H34ClN13. The Morgan fingerprint density at radius 1 is 0.582 bits per heavy atom. The smallest absolute Gasteiger partial charge is 0.154 e. The van der Waals surface area contributed by atoms with E-state index in [0.29, 0.717) is 35.8 Å². The van der Waals surface area contributed by atoms with Crippen molar-refractivity contribution in [1.82, 2.24) is 59.7 Å². The van der Waals surface area contributed by atoms with E-state index in [1.807, 2.05) is 119 Å². The molecule has 0 atom stereocenters. The number of halogens is 1. The second kappa shape index (κ2) is 15.9. The Bertz CT molecular complexity index is 2700. The topological polar surface area (TPSA) is 151 Å². The Hall–Kier alpha value is -6.99. The van der Waals surface area contributed by atoms with Gasteiger partial charge in [-0.05, 0) is 78.2 Å². The highest BCUT2D eigenvalue weighted by molar-refractivity contribution is 6.29. The Labute approximate surface area is 321 Å². The van der Waals surface area contributed by atoms with Crippen molar-refractivity contribution >= 4 is 45.3 Å².